The summed E-state index contributed by atoms with van der Waals surface area (Å²) in [7, 11) is 0. The van der Waals surface area contributed by atoms with Gasteiger partial charge in [0.05, 0.1) is 29.7 Å². The SMILES string of the molecule is Cc1nc2sccn2c1CNc1cccnc1OC(C)C. The Balaban J connectivity index is 1.81. The zero-order chi connectivity index (χ0) is 14.8. The highest BCUT2D eigenvalue weighted by atomic mass is 32.1. The number of pyridine rings is 1. The Morgan fingerprint density at radius 3 is 3.10 bits per heavy atom. The van der Waals surface area contributed by atoms with Crippen LogP contribution in [0.5, 0.6) is 5.88 Å². The van der Waals surface area contributed by atoms with E-state index in [2.05, 4.69) is 19.7 Å². The first kappa shape index (κ1) is 13.9. The fourth-order valence-electron chi connectivity index (χ4n) is 2.18. The first-order valence-electron chi connectivity index (χ1n) is 6.91. The lowest BCUT2D eigenvalue weighted by Crippen LogP contribution is -2.10. The number of imidazole rings is 1. The number of nitrogens with zero attached hydrogens (tertiary/aromatic N) is 3. The van der Waals surface area contributed by atoms with Gasteiger partial charge in [0.1, 0.15) is 0 Å². The van der Waals surface area contributed by atoms with E-state index >= 15 is 0 Å². The van der Waals surface area contributed by atoms with Crippen LogP contribution in [-0.4, -0.2) is 20.5 Å². The molecule has 0 spiro atoms. The molecule has 3 rings (SSSR count). The van der Waals surface area contributed by atoms with Crippen LogP contribution in [0.15, 0.2) is 29.9 Å². The third kappa shape index (κ3) is 2.85. The van der Waals surface area contributed by atoms with Gasteiger partial charge in [0, 0.05) is 17.8 Å². The Labute approximate surface area is 127 Å². The molecule has 3 heterocycles. The van der Waals surface area contributed by atoms with Crippen LogP contribution < -0.4 is 10.1 Å². The molecule has 110 valence electrons. The first-order valence-corrected chi connectivity index (χ1v) is 7.79. The molecule has 6 heteroatoms. The molecule has 0 aromatic carbocycles. The van der Waals surface area contributed by atoms with Gasteiger partial charge in [-0.05, 0) is 32.9 Å². The minimum absolute atomic E-state index is 0.0979. The number of hydrogen-bond donors (Lipinski definition) is 1. The lowest BCUT2D eigenvalue weighted by molar-refractivity contribution is 0.234. The van der Waals surface area contributed by atoms with Crippen LogP contribution in [0, 0.1) is 6.92 Å². The molecular formula is C15H18N4OS. The highest BCUT2D eigenvalue weighted by molar-refractivity contribution is 7.15. The van der Waals surface area contributed by atoms with Gasteiger partial charge in [-0.2, -0.15) is 0 Å². The average molecular weight is 302 g/mol. The second-order valence-corrected chi connectivity index (χ2v) is 5.95. The summed E-state index contributed by atoms with van der Waals surface area (Å²) in [6.07, 6.45) is 3.89. The molecule has 0 amide bonds. The van der Waals surface area contributed by atoms with Gasteiger partial charge in [-0.1, -0.05) is 0 Å². The predicted molar refractivity (Wildman–Crippen MR) is 85.1 cm³/mol. The molecule has 0 saturated carbocycles. The van der Waals surface area contributed by atoms with E-state index in [1.165, 1.54) is 0 Å². The van der Waals surface area contributed by atoms with E-state index in [0.717, 1.165) is 22.0 Å². The molecule has 5 nitrogen and oxygen atoms in total. The summed E-state index contributed by atoms with van der Waals surface area (Å²) in [4.78, 5) is 9.86. The number of anilines is 1. The van der Waals surface area contributed by atoms with Crippen LogP contribution in [0.4, 0.5) is 5.69 Å². The van der Waals surface area contributed by atoms with Crippen molar-refractivity contribution in [1.82, 2.24) is 14.4 Å². The maximum Gasteiger partial charge on any atom is 0.237 e. The molecule has 0 aliphatic rings. The number of nitrogens with one attached hydrogen (secondary N) is 1. The van der Waals surface area contributed by atoms with E-state index in [-0.39, 0.29) is 6.10 Å². The average Bonchev–Trinajstić information content (AvgIpc) is 2.98. The highest BCUT2D eigenvalue weighted by Gasteiger charge is 2.11. The van der Waals surface area contributed by atoms with Crippen molar-refractivity contribution >= 4 is 22.0 Å². The molecule has 3 aromatic heterocycles. The van der Waals surface area contributed by atoms with Gasteiger partial charge in [0.25, 0.3) is 0 Å². The monoisotopic (exact) mass is 302 g/mol. The summed E-state index contributed by atoms with van der Waals surface area (Å²) in [5.41, 5.74) is 3.10. The number of thiazole rings is 1. The number of ether oxygens (including phenoxy) is 1. The predicted octanol–water partition coefficient (Wildman–Crippen LogP) is 3.50. The number of aryl methyl sites for hydroxylation is 1. The van der Waals surface area contributed by atoms with Crippen molar-refractivity contribution in [2.45, 2.75) is 33.4 Å². The first-order chi connectivity index (χ1) is 10.1. The van der Waals surface area contributed by atoms with Crippen molar-refractivity contribution in [3.05, 3.63) is 41.3 Å². The third-order valence-corrected chi connectivity index (χ3v) is 3.88. The van der Waals surface area contributed by atoms with Crippen molar-refractivity contribution in [1.29, 1.82) is 0 Å². The lowest BCUT2D eigenvalue weighted by atomic mass is 10.3. The summed E-state index contributed by atoms with van der Waals surface area (Å²) < 4.78 is 7.84. The molecule has 0 saturated heterocycles. The molecule has 0 bridgehead atoms. The van der Waals surface area contributed by atoms with Gasteiger partial charge in [-0.25, -0.2) is 9.97 Å². The molecule has 0 fully saturated rings. The van der Waals surface area contributed by atoms with Crippen molar-refractivity contribution in [2.75, 3.05) is 5.32 Å². The fourth-order valence-corrected chi connectivity index (χ4v) is 2.95. The molecule has 0 unspecified atom stereocenters. The maximum absolute atomic E-state index is 5.72. The van der Waals surface area contributed by atoms with Crippen molar-refractivity contribution in [2.24, 2.45) is 0 Å². The molecular weight excluding hydrogens is 284 g/mol. The number of aromatic nitrogens is 3. The summed E-state index contributed by atoms with van der Waals surface area (Å²) in [6, 6.07) is 3.88. The number of hydrogen-bond acceptors (Lipinski definition) is 5. The van der Waals surface area contributed by atoms with Crippen LogP contribution in [0.1, 0.15) is 25.2 Å². The smallest absolute Gasteiger partial charge is 0.237 e. The van der Waals surface area contributed by atoms with E-state index in [9.17, 15) is 0 Å². The van der Waals surface area contributed by atoms with E-state index in [0.29, 0.717) is 12.4 Å². The topological polar surface area (TPSA) is 51.5 Å². The van der Waals surface area contributed by atoms with Crippen LogP contribution in [0.3, 0.4) is 0 Å². The zero-order valence-corrected chi connectivity index (χ0v) is 13.1. The molecule has 0 aliphatic carbocycles. The minimum Gasteiger partial charge on any atom is -0.473 e. The van der Waals surface area contributed by atoms with Gasteiger partial charge in [-0.3, -0.25) is 4.40 Å². The molecule has 0 radical (unpaired) electrons. The normalized spacial score (nSPS) is 11.2. The van der Waals surface area contributed by atoms with E-state index in [1.54, 1.807) is 17.5 Å². The third-order valence-electron chi connectivity index (χ3n) is 3.13. The quantitative estimate of drug-likeness (QED) is 0.783. The summed E-state index contributed by atoms with van der Waals surface area (Å²) in [6.45, 7) is 6.71. The Kier molecular flexibility index (Phi) is 3.79. The summed E-state index contributed by atoms with van der Waals surface area (Å²) in [5, 5.41) is 5.44. The number of rotatable bonds is 5. The van der Waals surface area contributed by atoms with Gasteiger partial charge in [0.2, 0.25) is 5.88 Å². The molecule has 21 heavy (non-hydrogen) atoms. The minimum atomic E-state index is 0.0979. The molecule has 0 atom stereocenters. The molecule has 1 N–H and O–H groups in total. The standard InChI is InChI=1S/C15H18N4OS/c1-10(2)20-14-12(5-4-6-16-14)17-9-13-11(3)18-15-19(13)7-8-21-15/h4-8,10,17H,9H2,1-3H3. The van der Waals surface area contributed by atoms with Crippen LogP contribution in [0.25, 0.3) is 4.96 Å². The zero-order valence-electron chi connectivity index (χ0n) is 12.3. The van der Waals surface area contributed by atoms with E-state index in [4.69, 9.17) is 4.74 Å². The summed E-state index contributed by atoms with van der Waals surface area (Å²) >= 11 is 1.64. The van der Waals surface area contributed by atoms with Crippen molar-refractivity contribution in [3.8, 4) is 5.88 Å². The van der Waals surface area contributed by atoms with Gasteiger partial charge < -0.3 is 10.1 Å². The number of fused-ring (bicyclic) bond motifs is 1. The largest absolute Gasteiger partial charge is 0.473 e. The van der Waals surface area contributed by atoms with E-state index in [1.807, 2.05) is 44.5 Å². The van der Waals surface area contributed by atoms with Crippen LogP contribution in [0.2, 0.25) is 0 Å². The fraction of sp³-hybridized carbons (Fsp3) is 0.333. The maximum atomic E-state index is 5.72. The lowest BCUT2D eigenvalue weighted by Gasteiger charge is -2.14. The van der Waals surface area contributed by atoms with Gasteiger partial charge in [-0.15, -0.1) is 11.3 Å². The van der Waals surface area contributed by atoms with Gasteiger partial charge >= 0.3 is 0 Å². The van der Waals surface area contributed by atoms with Crippen LogP contribution >= 0.6 is 11.3 Å². The molecule has 0 aliphatic heterocycles. The summed E-state index contributed by atoms with van der Waals surface area (Å²) in [5.74, 6) is 0.635. The highest BCUT2D eigenvalue weighted by Crippen LogP contribution is 2.24. The Morgan fingerprint density at radius 2 is 2.29 bits per heavy atom. The Bertz CT molecular complexity index is 747. The second-order valence-electron chi connectivity index (χ2n) is 5.08. The molecule has 3 aromatic rings. The van der Waals surface area contributed by atoms with Crippen molar-refractivity contribution in [3.63, 3.8) is 0 Å². The van der Waals surface area contributed by atoms with Gasteiger partial charge in [0.15, 0.2) is 4.96 Å². The Morgan fingerprint density at radius 1 is 1.43 bits per heavy atom. The van der Waals surface area contributed by atoms with E-state index < -0.39 is 0 Å². The van der Waals surface area contributed by atoms with Crippen molar-refractivity contribution < 1.29 is 4.74 Å². The van der Waals surface area contributed by atoms with Crippen LogP contribution in [-0.2, 0) is 6.54 Å². The Hall–Kier alpha value is -2.08. The second kappa shape index (κ2) is 5.73.